The third-order valence-electron chi connectivity index (χ3n) is 2.73. The van der Waals surface area contributed by atoms with Crippen LogP contribution in [-0.4, -0.2) is 12.4 Å². The van der Waals surface area contributed by atoms with E-state index in [1.54, 1.807) is 12.1 Å². The largest absolute Gasteiger partial charge is 0.484 e. The summed E-state index contributed by atoms with van der Waals surface area (Å²) in [7, 11) is 0. The normalized spacial score (nSPS) is 10.1. The summed E-state index contributed by atoms with van der Waals surface area (Å²) in [6.07, 6.45) is 0.876. The highest BCUT2D eigenvalue weighted by Crippen LogP contribution is 2.22. The number of Topliss-reactive ketones (excluding diaryl/α,β-unsaturated/α-hetero) is 1. The van der Waals surface area contributed by atoms with Gasteiger partial charge in [0.25, 0.3) is 0 Å². The topological polar surface area (TPSA) is 50.1 Å². The second-order valence-corrected chi connectivity index (χ2v) is 5.22. The molecule has 2 rings (SSSR count). The Hall–Kier alpha value is -2.19. The second-order valence-electron chi connectivity index (χ2n) is 4.06. The predicted molar refractivity (Wildman–Crippen MR) is 74.6 cm³/mol. The molecule has 0 aliphatic heterocycles. The molecule has 0 spiro atoms. The maximum Gasteiger partial charge on any atom is 0.210 e. The molecule has 0 amide bonds. The number of halogens is 1. The monoisotopic (exact) mass is 289 g/mol. The highest BCUT2D eigenvalue weighted by Gasteiger charge is 2.13. The van der Waals surface area contributed by atoms with Crippen LogP contribution in [0.25, 0.3) is 0 Å². The van der Waals surface area contributed by atoms with Crippen LogP contribution >= 0.6 is 11.3 Å². The van der Waals surface area contributed by atoms with Crippen molar-refractivity contribution < 1.29 is 13.9 Å². The summed E-state index contributed by atoms with van der Waals surface area (Å²) < 4.78 is 18.6. The molecule has 3 nitrogen and oxygen atoms in total. The molecule has 102 valence electrons. The van der Waals surface area contributed by atoms with E-state index in [0.717, 1.165) is 11.3 Å². The van der Waals surface area contributed by atoms with Crippen molar-refractivity contribution >= 4 is 17.1 Å². The quantitative estimate of drug-likeness (QED) is 0.790. The fourth-order valence-corrected chi connectivity index (χ4v) is 2.54. The van der Waals surface area contributed by atoms with Gasteiger partial charge in [0.1, 0.15) is 23.2 Å². The molecular formula is C15H12FNO2S. The number of ketones is 1. The molecule has 0 fully saturated rings. The SMILES string of the molecule is CCc1ccc(C(=O)COc2cccc(F)c2C#N)s1. The van der Waals surface area contributed by atoms with E-state index in [4.69, 9.17) is 10.00 Å². The number of nitriles is 1. The van der Waals surface area contributed by atoms with Gasteiger partial charge in [0.05, 0.1) is 4.88 Å². The molecule has 5 heteroatoms. The molecular weight excluding hydrogens is 277 g/mol. The zero-order chi connectivity index (χ0) is 14.5. The van der Waals surface area contributed by atoms with Crippen molar-refractivity contribution in [3.63, 3.8) is 0 Å². The Balaban J connectivity index is 2.07. The van der Waals surface area contributed by atoms with Gasteiger partial charge in [-0.1, -0.05) is 13.0 Å². The van der Waals surface area contributed by atoms with Crippen LogP contribution in [0.15, 0.2) is 30.3 Å². The Morgan fingerprint density at radius 2 is 2.20 bits per heavy atom. The standard InChI is InChI=1S/C15H12FNO2S/c1-2-10-6-7-15(20-10)13(18)9-19-14-5-3-4-12(16)11(14)8-17/h3-7H,2,9H2,1H3. The molecule has 1 heterocycles. The first-order valence-electron chi connectivity index (χ1n) is 6.09. The van der Waals surface area contributed by atoms with Gasteiger partial charge in [-0.2, -0.15) is 5.26 Å². The number of ether oxygens (including phenoxy) is 1. The van der Waals surface area contributed by atoms with E-state index in [9.17, 15) is 9.18 Å². The lowest BCUT2D eigenvalue weighted by atomic mass is 10.2. The van der Waals surface area contributed by atoms with E-state index < -0.39 is 5.82 Å². The number of aryl methyl sites for hydroxylation is 1. The summed E-state index contributed by atoms with van der Waals surface area (Å²) in [5, 5.41) is 8.86. The molecule has 0 saturated heterocycles. The molecule has 0 saturated carbocycles. The van der Waals surface area contributed by atoms with Gasteiger partial charge in [-0.3, -0.25) is 4.79 Å². The summed E-state index contributed by atoms with van der Waals surface area (Å²) in [6.45, 7) is 1.81. The zero-order valence-corrected chi connectivity index (χ0v) is 11.7. The van der Waals surface area contributed by atoms with Gasteiger partial charge in [0.2, 0.25) is 5.78 Å². The number of rotatable bonds is 5. The third kappa shape index (κ3) is 3.03. The maximum absolute atomic E-state index is 13.4. The minimum atomic E-state index is -0.651. The first-order valence-corrected chi connectivity index (χ1v) is 6.90. The minimum absolute atomic E-state index is 0.0909. The van der Waals surface area contributed by atoms with Gasteiger partial charge in [0.15, 0.2) is 6.61 Å². The zero-order valence-electron chi connectivity index (χ0n) is 10.9. The van der Waals surface area contributed by atoms with Crippen molar-refractivity contribution in [3.8, 4) is 11.8 Å². The Bertz CT molecular complexity index is 673. The molecule has 0 aliphatic carbocycles. The minimum Gasteiger partial charge on any atom is -0.484 e. The lowest BCUT2D eigenvalue weighted by molar-refractivity contribution is 0.0925. The highest BCUT2D eigenvalue weighted by atomic mass is 32.1. The van der Waals surface area contributed by atoms with Crippen molar-refractivity contribution in [3.05, 3.63) is 51.5 Å². The van der Waals surface area contributed by atoms with Gasteiger partial charge in [-0.05, 0) is 30.7 Å². The molecule has 1 aromatic carbocycles. The number of carbonyl (C=O) groups excluding carboxylic acids is 1. The van der Waals surface area contributed by atoms with Crippen molar-refractivity contribution in [2.45, 2.75) is 13.3 Å². The van der Waals surface area contributed by atoms with Crippen LogP contribution in [0, 0.1) is 17.1 Å². The average molecular weight is 289 g/mol. The van der Waals surface area contributed by atoms with E-state index in [2.05, 4.69) is 0 Å². The first kappa shape index (κ1) is 14.2. The average Bonchev–Trinajstić information content (AvgIpc) is 2.93. The van der Waals surface area contributed by atoms with E-state index in [-0.39, 0.29) is 23.7 Å². The first-order chi connectivity index (χ1) is 9.65. The molecule has 0 bridgehead atoms. The van der Waals surface area contributed by atoms with Crippen molar-refractivity contribution in [2.75, 3.05) is 6.61 Å². The smallest absolute Gasteiger partial charge is 0.210 e. The lowest BCUT2D eigenvalue weighted by Crippen LogP contribution is -2.11. The summed E-state index contributed by atoms with van der Waals surface area (Å²) in [4.78, 5) is 13.7. The highest BCUT2D eigenvalue weighted by molar-refractivity contribution is 7.14. The van der Waals surface area contributed by atoms with Crippen LogP contribution in [0.4, 0.5) is 4.39 Å². The Morgan fingerprint density at radius 1 is 1.40 bits per heavy atom. The fraction of sp³-hybridized carbons (Fsp3) is 0.200. The summed E-state index contributed by atoms with van der Waals surface area (Å²) in [6, 6.07) is 9.49. The number of carbonyl (C=O) groups is 1. The number of benzene rings is 1. The molecule has 1 aromatic heterocycles. The predicted octanol–water partition coefficient (Wildman–Crippen LogP) is 3.58. The van der Waals surface area contributed by atoms with E-state index in [1.807, 2.05) is 13.0 Å². The summed E-state index contributed by atoms with van der Waals surface area (Å²) in [5.41, 5.74) is -0.180. The Kier molecular flexibility index (Phi) is 4.49. The molecule has 20 heavy (non-hydrogen) atoms. The molecule has 2 aromatic rings. The van der Waals surface area contributed by atoms with Gasteiger partial charge in [-0.25, -0.2) is 4.39 Å². The van der Waals surface area contributed by atoms with Crippen LogP contribution in [0.3, 0.4) is 0 Å². The van der Waals surface area contributed by atoms with Crippen molar-refractivity contribution in [1.29, 1.82) is 5.26 Å². The molecule has 0 N–H and O–H groups in total. The number of hydrogen-bond donors (Lipinski definition) is 0. The van der Waals surface area contributed by atoms with E-state index in [0.29, 0.717) is 4.88 Å². The van der Waals surface area contributed by atoms with Gasteiger partial charge in [0, 0.05) is 4.88 Å². The molecule has 0 unspecified atom stereocenters. The fourth-order valence-electron chi connectivity index (χ4n) is 1.67. The van der Waals surface area contributed by atoms with Crippen LogP contribution in [-0.2, 0) is 6.42 Å². The molecule has 0 aliphatic rings. The number of thiophene rings is 1. The lowest BCUT2D eigenvalue weighted by Gasteiger charge is -2.06. The van der Waals surface area contributed by atoms with Gasteiger partial charge in [-0.15, -0.1) is 11.3 Å². The van der Waals surface area contributed by atoms with Crippen molar-refractivity contribution in [2.24, 2.45) is 0 Å². The molecule has 0 atom stereocenters. The molecule has 0 radical (unpaired) electrons. The Morgan fingerprint density at radius 3 is 2.85 bits per heavy atom. The van der Waals surface area contributed by atoms with E-state index in [1.165, 1.54) is 29.5 Å². The van der Waals surface area contributed by atoms with E-state index >= 15 is 0 Å². The summed E-state index contributed by atoms with van der Waals surface area (Å²) >= 11 is 1.42. The Labute approximate surface area is 120 Å². The van der Waals surface area contributed by atoms with Gasteiger partial charge < -0.3 is 4.74 Å². The third-order valence-corrected chi connectivity index (χ3v) is 4.00. The number of hydrogen-bond acceptors (Lipinski definition) is 4. The summed E-state index contributed by atoms with van der Waals surface area (Å²) in [5.74, 6) is -0.738. The van der Waals surface area contributed by atoms with Crippen molar-refractivity contribution in [1.82, 2.24) is 0 Å². The van der Waals surface area contributed by atoms with Crippen LogP contribution in [0.2, 0.25) is 0 Å². The van der Waals surface area contributed by atoms with Crippen LogP contribution < -0.4 is 4.74 Å². The second kappa shape index (κ2) is 6.31. The maximum atomic E-state index is 13.4. The number of nitrogens with zero attached hydrogens (tertiary/aromatic N) is 1. The van der Waals surface area contributed by atoms with Crippen LogP contribution in [0.1, 0.15) is 27.0 Å². The van der Waals surface area contributed by atoms with Crippen LogP contribution in [0.5, 0.6) is 5.75 Å². The van der Waals surface area contributed by atoms with Gasteiger partial charge >= 0.3 is 0 Å².